The summed E-state index contributed by atoms with van der Waals surface area (Å²) in [5, 5.41) is 17.3. The molecule has 0 N–H and O–H groups in total. The third-order valence-electron chi connectivity index (χ3n) is 2.48. The van der Waals surface area contributed by atoms with Gasteiger partial charge in [-0.1, -0.05) is 13.8 Å². The van der Waals surface area contributed by atoms with Crippen molar-refractivity contribution < 1.29 is 0 Å². The number of rotatable bonds is 2. The summed E-state index contributed by atoms with van der Waals surface area (Å²) >= 11 is 0. The highest BCUT2D eigenvalue weighted by Gasteiger charge is 2.36. The Morgan fingerprint density at radius 1 is 1.42 bits per heavy atom. The number of nitriles is 2. The lowest BCUT2D eigenvalue weighted by Gasteiger charge is -2.00. The molecule has 0 heterocycles. The van der Waals surface area contributed by atoms with Crippen LogP contribution in [0, 0.1) is 34.5 Å². The Morgan fingerprint density at radius 3 is 2.17 bits per heavy atom. The summed E-state index contributed by atoms with van der Waals surface area (Å²) in [5.74, 6) is 1.20. The van der Waals surface area contributed by atoms with Gasteiger partial charge in [-0.25, -0.2) is 0 Å². The first-order valence-corrected chi connectivity index (χ1v) is 4.27. The van der Waals surface area contributed by atoms with Crippen LogP contribution in [0.2, 0.25) is 0 Å². The van der Waals surface area contributed by atoms with Crippen LogP contribution in [-0.4, -0.2) is 0 Å². The lowest BCUT2D eigenvalue weighted by atomic mass is 10.0. The summed E-state index contributed by atoms with van der Waals surface area (Å²) < 4.78 is 0. The number of nitrogens with zero attached hydrogens (tertiary/aromatic N) is 2. The van der Waals surface area contributed by atoms with Crippen molar-refractivity contribution in [3.05, 3.63) is 11.1 Å². The SMILES string of the molecule is CCC(=C(C#N)C#N)C1CC1C. The molecule has 1 aliphatic rings. The maximum atomic E-state index is 8.66. The first kappa shape index (κ1) is 8.81. The highest BCUT2D eigenvalue weighted by atomic mass is 14.4. The maximum absolute atomic E-state index is 8.66. The van der Waals surface area contributed by atoms with Crippen molar-refractivity contribution in [2.24, 2.45) is 11.8 Å². The minimum atomic E-state index is 0.340. The molecule has 2 heteroatoms. The van der Waals surface area contributed by atoms with Crippen LogP contribution in [-0.2, 0) is 0 Å². The minimum Gasteiger partial charge on any atom is -0.192 e. The molecule has 0 bridgehead atoms. The summed E-state index contributed by atoms with van der Waals surface area (Å²) in [7, 11) is 0. The summed E-state index contributed by atoms with van der Waals surface area (Å²) in [6.07, 6.45) is 1.99. The molecule has 0 aromatic carbocycles. The van der Waals surface area contributed by atoms with Gasteiger partial charge in [-0.15, -0.1) is 0 Å². The summed E-state index contributed by atoms with van der Waals surface area (Å²) in [5.41, 5.74) is 1.40. The molecule has 0 aliphatic heterocycles. The van der Waals surface area contributed by atoms with Gasteiger partial charge in [-0.3, -0.25) is 0 Å². The van der Waals surface area contributed by atoms with E-state index < -0.39 is 0 Å². The first-order valence-electron chi connectivity index (χ1n) is 4.27. The second kappa shape index (κ2) is 3.41. The molecular weight excluding hydrogens is 148 g/mol. The zero-order valence-electron chi connectivity index (χ0n) is 7.46. The second-order valence-corrected chi connectivity index (χ2v) is 3.30. The third-order valence-corrected chi connectivity index (χ3v) is 2.48. The van der Waals surface area contributed by atoms with E-state index in [0.717, 1.165) is 18.4 Å². The van der Waals surface area contributed by atoms with Gasteiger partial charge in [-0.2, -0.15) is 10.5 Å². The Balaban J connectivity index is 2.88. The Hall–Kier alpha value is -1.28. The van der Waals surface area contributed by atoms with E-state index in [4.69, 9.17) is 10.5 Å². The molecule has 2 atom stereocenters. The van der Waals surface area contributed by atoms with E-state index in [1.54, 1.807) is 0 Å². The Kier molecular flexibility index (Phi) is 2.51. The van der Waals surface area contributed by atoms with Gasteiger partial charge < -0.3 is 0 Å². The average molecular weight is 160 g/mol. The van der Waals surface area contributed by atoms with Gasteiger partial charge in [0.25, 0.3) is 0 Å². The van der Waals surface area contributed by atoms with E-state index >= 15 is 0 Å². The molecule has 1 fully saturated rings. The third kappa shape index (κ3) is 1.48. The summed E-state index contributed by atoms with van der Waals surface area (Å²) in [6.45, 7) is 4.17. The molecule has 0 amide bonds. The van der Waals surface area contributed by atoms with Crippen LogP contribution in [0.4, 0.5) is 0 Å². The number of hydrogen-bond acceptors (Lipinski definition) is 2. The highest BCUT2D eigenvalue weighted by Crippen LogP contribution is 2.45. The van der Waals surface area contributed by atoms with Gasteiger partial charge in [0.05, 0.1) is 0 Å². The molecule has 0 aromatic heterocycles. The molecule has 1 rings (SSSR count). The number of hydrogen-bond donors (Lipinski definition) is 0. The maximum Gasteiger partial charge on any atom is 0.129 e. The van der Waals surface area contributed by atoms with Crippen LogP contribution in [0.1, 0.15) is 26.7 Å². The highest BCUT2D eigenvalue weighted by molar-refractivity contribution is 5.42. The lowest BCUT2D eigenvalue weighted by molar-refractivity contribution is 0.812. The van der Waals surface area contributed by atoms with Gasteiger partial charge in [-0.05, 0) is 30.3 Å². The van der Waals surface area contributed by atoms with Crippen molar-refractivity contribution >= 4 is 0 Å². The second-order valence-electron chi connectivity index (χ2n) is 3.30. The Morgan fingerprint density at radius 2 is 1.92 bits per heavy atom. The van der Waals surface area contributed by atoms with Crippen LogP contribution < -0.4 is 0 Å². The van der Waals surface area contributed by atoms with E-state index in [1.165, 1.54) is 0 Å². The molecule has 1 saturated carbocycles. The monoisotopic (exact) mass is 160 g/mol. The standard InChI is InChI=1S/C10H12N2/c1-3-9(8(5-11)6-12)10-4-7(10)2/h7,10H,3-4H2,1-2H3. The van der Waals surface area contributed by atoms with Gasteiger partial charge in [0.1, 0.15) is 17.7 Å². The predicted octanol–water partition coefficient (Wildman–Crippen LogP) is 2.40. The summed E-state index contributed by atoms with van der Waals surface area (Å²) in [4.78, 5) is 0. The fourth-order valence-corrected chi connectivity index (χ4v) is 1.60. The van der Waals surface area contributed by atoms with Crippen LogP contribution in [0.3, 0.4) is 0 Å². The van der Waals surface area contributed by atoms with Gasteiger partial charge >= 0.3 is 0 Å². The molecule has 0 spiro atoms. The van der Waals surface area contributed by atoms with Crippen molar-refractivity contribution in [3.8, 4) is 12.1 Å². The average Bonchev–Trinajstić information content (AvgIpc) is 2.78. The molecule has 12 heavy (non-hydrogen) atoms. The van der Waals surface area contributed by atoms with Crippen molar-refractivity contribution in [3.63, 3.8) is 0 Å². The topological polar surface area (TPSA) is 47.6 Å². The van der Waals surface area contributed by atoms with Crippen molar-refractivity contribution in [2.75, 3.05) is 0 Å². The first-order chi connectivity index (χ1) is 5.74. The predicted molar refractivity (Wildman–Crippen MR) is 45.8 cm³/mol. The molecule has 0 radical (unpaired) electrons. The molecule has 62 valence electrons. The summed E-state index contributed by atoms with van der Waals surface area (Å²) in [6, 6.07) is 3.93. The van der Waals surface area contributed by atoms with Crippen LogP contribution in [0.25, 0.3) is 0 Å². The van der Waals surface area contributed by atoms with Crippen LogP contribution in [0.5, 0.6) is 0 Å². The van der Waals surface area contributed by atoms with Crippen LogP contribution >= 0.6 is 0 Å². The fourth-order valence-electron chi connectivity index (χ4n) is 1.60. The van der Waals surface area contributed by atoms with Gasteiger partial charge in [0.2, 0.25) is 0 Å². The molecule has 2 unspecified atom stereocenters. The van der Waals surface area contributed by atoms with Gasteiger partial charge in [0, 0.05) is 0 Å². The Bertz CT molecular complexity index is 272. The van der Waals surface area contributed by atoms with Gasteiger partial charge in [0.15, 0.2) is 0 Å². The molecule has 2 nitrogen and oxygen atoms in total. The Labute approximate surface area is 73.1 Å². The van der Waals surface area contributed by atoms with Crippen molar-refractivity contribution in [1.82, 2.24) is 0 Å². The van der Waals surface area contributed by atoms with E-state index in [9.17, 15) is 0 Å². The molecular formula is C10H12N2. The zero-order chi connectivity index (χ0) is 9.14. The fraction of sp³-hybridized carbons (Fsp3) is 0.600. The smallest absolute Gasteiger partial charge is 0.129 e. The van der Waals surface area contributed by atoms with Crippen LogP contribution in [0.15, 0.2) is 11.1 Å². The van der Waals surface area contributed by atoms with Crippen molar-refractivity contribution in [2.45, 2.75) is 26.7 Å². The van der Waals surface area contributed by atoms with E-state index in [2.05, 4.69) is 6.92 Å². The normalized spacial score (nSPS) is 25.3. The molecule has 0 aromatic rings. The van der Waals surface area contributed by atoms with Crippen molar-refractivity contribution in [1.29, 1.82) is 10.5 Å². The molecule has 0 saturated heterocycles. The molecule has 1 aliphatic carbocycles. The lowest BCUT2D eigenvalue weighted by Crippen LogP contribution is -1.91. The van der Waals surface area contributed by atoms with E-state index in [1.807, 2.05) is 19.1 Å². The quantitative estimate of drug-likeness (QED) is 0.582. The van der Waals surface area contributed by atoms with E-state index in [-0.39, 0.29) is 0 Å². The van der Waals surface area contributed by atoms with E-state index in [0.29, 0.717) is 17.4 Å². The number of allylic oxidation sites excluding steroid dienone is 2. The zero-order valence-corrected chi connectivity index (χ0v) is 7.46. The largest absolute Gasteiger partial charge is 0.192 e. The minimum absolute atomic E-state index is 0.340.